The first-order valence-corrected chi connectivity index (χ1v) is 8.75. The normalized spacial score (nSPS) is 24.0. The van der Waals surface area contributed by atoms with E-state index in [1.165, 1.54) is 0 Å². The molecule has 2 fully saturated rings. The molecule has 0 aromatic carbocycles. The number of amides is 1. The number of carbonyl (C=O) groups is 1. The summed E-state index contributed by atoms with van der Waals surface area (Å²) in [5.74, 6) is 1.72. The highest BCUT2D eigenvalue weighted by Crippen LogP contribution is 2.40. The molecule has 1 spiro atoms. The van der Waals surface area contributed by atoms with Gasteiger partial charge in [-0.3, -0.25) is 4.79 Å². The number of hydrogen-bond donors (Lipinski definition) is 1. The van der Waals surface area contributed by atoms with Gasteiger partial charge in [-0.25, -0.2) is 0 Å². The molecule has 1 atom stereocenters. The van der Waals surface area contributed by atoms with Crippen molar-refractivity contribution >= 4 is 17.7 Å². The Balaban J connectivity index is 1.76. The van der Waals surface area contributed by atoms with E-state index in [0.717, 1.165) is 44.7 Å². The van der Waals surface area contributed by atoms with Gasteiger partial charge >= 0.3 is 0 Å². The van der Waals surface area contributed by atoms with Crippen molar-refractivity contribution in [1.82, 2.24) is 14.9 Å². The van der Waals surface area contributed by atoms with Gasteiger partial charge < -0.3 is 25.0 Å². The van der Waals surface area contributed by atoms with Gasteiger partial charge in [0.05, 0.1) is 13.7 Å². The minimum absolute atomic E-state index is 0.104. The predicted octanol–water partition coefficient (Wildman–Crippen LogP) is 0.923. The summed E-state index contributed by atoms with van der Waals surface area (Å²) in [4.78, 5) is 24.8. The molecule has 0 bridgehead atoms. The van der Waals surface area contributed by atoms with E-state index in [2.05, 4.69) is 14.9 Å². The lowest BCUT2D eigenvalue weighted by molar-refractivity contribution is -0.138. The topological polar surface area (TPSA) is 93.8 Å². The highest BCUT2D eigenvalue weighted by Gasteiger charge is 2.42. The van der Waals surface area contributed by atoms with Gasteiger partial charge in [-0.15, -0.1) is 0 Å². The molecule has 2 aliphatic rings. The third-order valence-electron chi connectivity index (χ3n) is 5.21. The minimum Gasteiger partial charge on any atom is -0.481 e. The van der Waals surface area contributed by atoms with Crippen LogP contribution in [-0.2, 0) is 9.53 Å². The number of hydrogen-bond acceptors (Lipinski definition) is 7. The van der Waals surface area contributed by atoms with E-state index in [9.17, 15) is 4.79 Å². The lowest BCUT2D eigenvalue weighted by Gasteiger charge is -2.48. The van der Waals surface area contributed by atoms with Crippen molar-refractivity contribution in [2.24, 2.45) is 5.41 Å². The molecule has 2 aliphatic heterocycles. The average Bonchev–Trinajstić information content (AvgIpc) is 2.62. The zero-order valence-electron chi connectivity index (χ0n) is 15.0. The largest absolute Gasteiger partial charge is 0.481 e. The van der Waals surface area contributed by atoms with E-state index in [1.54, 1.807) is 14.2 Å². The van der Waals surface area contributed by atoms with Gasteiger partial charge in [0, 0.05) is 51.2 Å². The number of anilines is 2. The van der Waals surface area contributed by atoms with E-state index < -0.39 is 0 Å². The second-order valence-electron chi connectivity index (χ2n) is 6.96. The molecule has 25 heavy (non-hydrogen) atoms. The fraction of sp³-hybridized carbons (Fsp3) is 0.706. The molecule has 2 N–H and O–H groups in total. The number of ether oxygens (including phenoxy) is 2. The van der Waals surface area contributed by atoms with Crippen molar-refractivity contribution in [3.05, 3.63) is 6.07 Å². The standard InChI is InChI=1S/C17H27N5O3/c1-24-9-8-22-12-17(6-4-15(22)23)5-3-7-21(11-17)13-10-14(25-2)20-16(18)19-13/h10H,3-9,11-12H2,1-2H3,(H2,18,19,20)/t17-/m0/s1. The highest BCUT2D eigenvalue weighted by atomic mass is 16.5. The number of likely N-dealkylation sites (tertiary alicyclic amines) is 1. The van der Waals surface area contributed by atoms with Crippen LogP contribution in [0.5, 0.6) is 5.88 Å². The van der Waals surface area contributed by atoms with E-state index in [4.69, 9.17) is 15.2 Å². The zero-order chi connectivity index (χ0) is 17.9. The van der Waals surface area contributed by atoms with Crippen LogP contribution in [0.15, 0.2) is 6.07 Å². The predicted molar refractivity (Wildman–Crippen MR) is 94.6 cm³/mol. The van der Waals surface area contributed by atoms with Gasteiger partial charge in [-0.2, -0.15) is 9.97 Å². The molecule has 0 radical (unpaired) electrons. The number of nitrogen functional groups attached to an aromatic ring is 1. The van der Waals surface area contributed by atoms with Crippen LogP contribution in [0.1, 0.15) is 25.7 Å². The van der Waals surface area contributed by atoms with Crippen molar-refractivity contribution in [1.29, 1.82) is 0 Å². The molecule has 3 rings (SSSR count). The Bertz CT molecular complexity index is 626. The summed E-state index contributed by atoms with van der Waals surface area (Å²) in [6.07, 6.45) is 3.72. The van der Waals surface area contributed by atoms with Crippen molar-refractivity contribution in [2.75, 3.05) is 57.6 Å². The molecule has 0 aliphatic carbocycles. The van der Waals surface area contributed by atoms with Gasteiger partial charge in [-0.1, -0.05) is 0 Å². The van der Waals surface area contributed by atoms with Crippen LogP contribution in [0, 0.1) is 5.41 Å². The Morgan fingerprint density at radius 2 is 2.12 bits per heavy atom. The van der Waals surface area contributed by atoms with Crippen molar-refractivity contribution in [3.8, 4) is 5.88 Å². The lowest BCUT2D eigenvalue weighted by Crippen LogP contribution is -2.54. The number of piperidine rings is 2. The van der Waals surface area contributed by atoms with Crippen molar-refractivity contribution < 1.29 is 14.3 Å². The van der Waals surface area contributed by atoms with E-state index >= 15 is 0 Å². The van der Waals surface area contributed by atoms with Crippen LogP contribution in [0.25, 0.3) is 0 Å². The van der Waals surface area contributed by atoms with E-state index in [-0.39, 0.29) is 17.3 Å². The fourth-order valence-electron chi connectivity index (χ4n) is 3.94. The molecule has 0 saturated carbocycles. The van der Waals surface area contributed by atoms with Crippen LogP contribution in [0.3, 0.4) is 0 Å². The molecule has 0 unspecified atom stereocenters. The van der Waals surface area contributed by atoms with Crippen LogP contribution in [0.4, 0.5) is 11.8 Å². The average molecular weight is 349 g/mol. The zero-order valence-corrected chi connectivity index (χ0v) is 15.0. The molecular formula is C17H27N5O3. The SMILES string of the molecule is COCCN1C[C@@]2(CCCN(c3cc(OC)nc(N)n3)C2)CCC1=O. The summed E-state index contributed by atoms with van der Waals surface area (Å²) in [6.45, 7) is 3.80. The Morgan fingerprint density at radius 3 is 2.88 bits per heavy atom. The molecule has 1 aromatic heterocycles. The fourth-order valence-corrected chi connectivity index (χ4v) is 3.94. The van der Waals surface area contributed by atoms with Gasteiger partial charge in [0.1, 0.15) is 5.82 Å². The molecule has 8 heteroatoms. The van der Waals surface area contributed by atoms with Crippen molar-refractivity contribution in [2.45, 2.75) is 25.7 Å². The second kappa shape index (κ2) is 7.43. The summed E-state index contributed by atoms with van der Waals surface area (Å²) in [7, 11) is 3.24. The van der Waals surface area contributed by atoms with Gasteiger partial charge in [0.2, 0.25) is 17.7 Å². The Labute approximate surface area is 148 Å². The minimum atomic E-state index is 0.104. The molecular weight excluding hydrogens is 322 g/mol. The van der Waals surface area contributed by atoms with Gasteiger partial charge in [0.15, 0.2) is 0 Å². The van der Waals surface area contributed by atoms with E-state index in [1.807, 2.05) is 11.0 Å². The van der Waals surface area contributed by atoms with Crippen LogP contribution >= 0.6 is 0 Å². The third kappa shape index (κ3) is 3.95. The maximum absolute atomic E-state index is 12.2. The molecule has 8 nitrogen and oxygen atoms in total. The smallest absolute Gasteiger partial charge is 0.225 e. The van der Waals surface area contributed by atoms with Gasteiger partial charge in [-0.05, 0) is 19.3 Å². The Kier molecular flexibility index (Phi) is 5.27. The first-order valence-electron chi connectivity index (χ1n) is 8.75. The third-order valence-corrected chi connectivity index (χ3v) is 5.21. The first kappa shape index (κ1) is 17.7. The first-order chi connectivity index (χ1) is 12.0. The van der Waals surface area contributed by atoms with Crippen LogP contribution < -0.4 is 15.4 Å². The summed E-state index contributed by atoms with van der Waals surface area (Å²) >= 11 is 0. The number of nitrogens with zero attached hydrogens (tertiary/aromatic N) is 4. The lowest BCUT2D eigenvalue weighted by atomic mass is 9.73. The van der Waals surface area contributed by atoms with Crippen molar-refractivity contribution in [3.63, 3.8) is 0 Å². The van der Waals surface area contributed by atoms with Crippen LogP contribution in [0.2, 0.25) is 0 Å². The quantitative estimate of drug-likeness (QED) is 0.845. The second-order valence-corrected chi connectivity index (χ2v) is 6.96. The number of nitrogens with two attached hydrogens (primary N) is 1. The van der Waals surface area contributed by atoms with Gasteiger partial charge in [0.25, 0.3) is 0 Å². The Hall–Kier alpha value is -2.09. The summed E-state index contributed by atoms with van der Waals surface area (Å²) < 4.78 is 10.4. The number of rotatable bonds is 5. The number of methoxy groups -OCH3 is 2. The number of aromatic nitrogens is 2. The molecule has 1 aromatic rings. The Morgan fingerprint density at radius 1 is 1.28 bits per heavy atom. The maximum atomic E-state index is 12.2. The number of carbonyl (C=O) groups excluding carboxylic acids is 1. The summed E-state index contributed by atoms with van der Waals surface area (Å²) in [6, 6.07) is 1.83. The van der Waals surface area contributed by atoms with Crippen LogP contribution in [-0.4, -0.2) is 67.8 Å². The highest BCUT2D eigenvalue weighted by molar-refractivity contribution is 5.77. The summed E-state index contributed by atoms with van der Waals surface area (Å²) in [5, 5.41) is 0. The monoisotopic (exact) mass is 349 g/mol. The molecule has 2 saturated heterocycles. The maximum Gasteiger partial charge on any atom is 0.225 e. The molecule has 1 amide bonds. The molecule has 138 valence electrons. The summed E-state index contributed by atoms with van der Waals surface area (Å²) in [5.41, 5.74) is 5.92. The van der Waals surface area contributed by atoms with E-state index in [0.29, 0.717) is 25.5 Å². The molecule has 3 heterocycles.